The summed E-state index contributed by atoms with van der Waals surface area (Å²) in [6.07, 6.45) is 4.59. The summed E-state index contributed by atoms with van der Waals surface area (Å²) in [7, 11) is 0. The van der Waals surface area contributed by atoms with Gasteiger partial charge >= 0.3 is 0 Å². The fourth-order valence-corrected chi connectivity index (χ4v) is 3.11. The molecule has 1 aliphatic heterocycles. The molecule has 0 bridgehead atoms. The van der Waals surface area contributed by atoms with Gasteiger partial charge in [-0.25, -0.2) is 4.39 Å². The first-order valence-electron chi connectivity index (χ1n) is 9.09. The Bertz CT molecular complexity index is 610. The van der Waals surface area contributed by atoms with Crippen LogP contribution in [0, 0.1) is 11.7 Å². The van der Waals surface area contributed by atoms with Gasteiger partial charge < -0.3 is 15.0 Å². The second-order valence-corrected chi connectivity index (χ2v) is 6.82. The van der Waals surface area contributed by atoms with Crippen molar-refractivity contribution in [1.29, 1.82) is 0 Å². The summed E-state index contributed by atoms with van der Waals surface area (Å²) in [6.45, 7) is 1.77. The van der Waals surface area contributed by atoms with E-state index < -0.39 is 0 Å². The number of ether oxygens (including phenoxy) is 1. The van der Waals surface area contributed by atoms with Gasteiger partial charge in [-0.2, -0.15) is 0 Å². The summed E-state index contributed by atoms with van der Waals surface area (Å²) >= 11 is 0. The van der Waals surface area contributed by atoms with Crippen molar-refractivity contribution in [2.75, 3.05) is 19.7 Å². The predicted molar refractivity (Wildman–Crippen MR) is 91.6 cm³/mol. The van der Waals surface area contributed by atoms with Crippen molar-refractivity contribution in [2.45, 2.75) is 44.6 Å². The van der Waals surface area contributed by atoms with Crippen LogP contribution in [0.4, 0.5) is 4.39 Å². The number of benzene rings is 1. The van der Waals surface area contributed by atoms with Gasteiger partial charge in [0.1, 0.15) is 0 Å². The number of hydrogen-bond acceptors (Lipinski definition) is 3. The summed E-state index contributed by atoms with van der Waals surface area (Å²) < 4.78 is 18.7. The number of carbonyl (C=O) groups excluding carboxylic acids is 2. The van der Waals surface area contributed by atoms with Gasteiger partial charge in [0.2, 0.25) is 11.8 Å². The van der Waals surface area contributed by atoms with Gasteiger partial charge in [0, 0.05) is 31.5 Å². The molecule has 1 heterocycles. The summed E-state index contributed by atoms with van der Waals surface area (Å²) in [5.74, 6) is 0.370. The first-order chi connectivity index (χ1) is 12.1. The normalized spacial score (nSPS) is 18.0. The standard InChI is InChI=1S/C19H25FN2O3/c20-16-4-1-2-5-17(16)25-13-3-6-18(23)21-15-9-11-22(12-10-15)19(24)14-7-8-14/h1-2,4-5,14-15H,3,6-13H2,(H,21,23). The molecule has 2 fully saturated rings. The summed E-state index contributed by atoms with van der Waals surface area (Å²) in [4.78, 5) is 25.9. The molecule has 0 aromatic heterocycles. The molecule has 1 saturated heterocycles. The largest absolute Gasteiger partial charge is 0.491 e. The molecule has 1 aromatic carbocycles. The van der Waals surface area contributed by atoms with E-state index in [1.165, 1.54) is 6.07 Å². The van der Waals surface area contributed by atoms with Crippen LogP contribution in [0.1, 0.15) is 38.5 Å². The van der Waals surface area contributed by atoms with E-state index in [0.717, 1.165) is 38.8 Å². The maximum atomic E-state index is 13.4. The van der Waals surface area contributed by atoms with E-state index >= 15 is 0 Å². The summed E-state index contributed by atoms with van der Waals surface area (Å²) in [5.41, 5.74) is 0. The highest BCUT2D eigenvalue weighted by atomic mass is 19.1. The third-order valence-corrected chi connectivity index (χ3v) is 4.74. The molecule has 25 heavy (non-hydrogen) atoms. The van der Waals surface area contributed by atoms with Crippen molar-refractivity contribution >= 4 is 11.8 Å². The monoisotopic (exact) mass is 348 g/mol. The first kappa shape index (κ1) is 17.7. The number of amides is 2. The van der Waals surface area contributed by atoms with E-state index in [0.29, 0.717) is 19.4 Å². The van der Waals surface area contributed by atoms with Gasteiger partial charge in [-0.1, -0.05) is 12.1 Å². The maximum absolute atomic E-state index is 13.4. The Morgan fingerprint density at radius 3 is 2.56 bits per heavy atom. The van der Waals surface area contributed by atoms with Crippen molar-refractivity contribution in [1.82, 2.24) is 10.2 Å². The third-order valence-electron chi connectivity index (χ3n) is 4.74. The van der Waals surface area contributed by atoms with Crippen LogP contribution in [0.2, 0.25) is 0 Å². The highest BCUT2D eigenvalue weighted by Crippen LogP contribution is 2.31. The number of rotatable bonds is 7. The lowest BCUT2D eigenvalue weighted by Gasteiger charge is -2.32. The number of nitrogens with zero attached hydrogens (tertiary/aromatic N) is 1. The Balaban J connectivity index is 1.29. The number of nitrogens with one attached hydrogen (secondary N) is 1. The number of carbonyl (C=O) groups is 2. The molecular weight excluding hydrogens is 323 g/mol. The van der Waals surface area contributed by atoms with Crippen LogP contribution in [-0.2, 0) is 9.59 Å². The molecule has 0 unspecified atom stereocenters. The lowest BCUT2D eigenvalue weighted by atomic mass is 10.0. The fraction of sp³-hybridized carbons (Fsp3) is 0.579. The van der Waals surface area contributed by atoms with Crippen molar-refractivity contribution < 1.29 is 18.7 Å². The van der Waals surface area contributed by atoms with Gasteiger partial charge in [0.25, 0.3) is 0 Å². The van der Waals surface area contributed by atoms with Crippen LogP contribution in [0.3, 0.4) is 0 Å². The van der Waals surface area contributed by atoms with Crippen LogP contribution < -0.4 is 10.1 Å². The number of likely N-dealkylation sites (tertiary alicyclic amines) is 1. The van der Waals surface area contributed by atoms with Crippen LogP contribution in [0.25, 0.3) is 0 Å². The molecule has 5 nitrogen and oxygen atoms in total. The maximum Gasteiger partial charge on any atom is 0.225 e. The van der Waals surface area contributed by atoms with Crippen LogP contribution in [-0.4, -0.2) is 42.5 Å². The van der Waals surface area contributed by atoms with Crippen molar-refractivity contribution in [3.8, 4) is 5.75 Å². The Morgan fingerprint density at radius 1 is 1.16 bits per heavy atom. The molecule has 0 spiro atoms. The molecule has 0 atom stereocenters. The molecule has 3 rings (SSSR count). The molecular formula is C19H25FN2O3. The highest BCUT2D eigenvalue weighted by molar-refractivity contribution is 5.81. The Kier molecular flexibility index (Phi) is 5.89. The minimum absolute atomic E-state index is 0.0101. The van der Waals surface area contributed by atoms with E-state index in [4.69, 9.17) is 4.74 Å². The predicted octanol–water partition coefficient (Wildman–Crippen LogP) is 2.50. The molecule has 6 heteroatoms. The molecule has 2 aliphatic rings. The number of halogens is 1. The molecule has 1 N–H and O–H groups in total. The van der Waals surface area contributed by atoms with E-state index in [1.807, 2.05) is 4.90 Å². The second kappa shape index (κ2) is 8.32. The van der Waals surface area contributed by atoms with Crippen LogP contribution in [0.5, 0.6) is 5.75 Å². The zero-order valence-electron chi connectivity index (χ0n) is 14.4. The number of para-hydroxylation sites is 1. The van der Waals surface area contributed by atoms with Gasteiger partial charge in [-0.05, 0) is 44.2 Å². The summed E-state index contributed by atoms with van der Waals surface area (Å²) in [6, 6.07) is 6.39. The number of piperidine rings is 1. The lowest BCUT2D eigenvalue weighted by molar-refractivity contribution is -0.133. The Morgan fingerprint density at radius 2 is 1.88 bits per heavy atom. The van der Waals surface area contributed by atoms with E-state index in [9.17, 15) is 14.0 Å². The van der Waals surface area contributed by atoms with Gasteiger partial charge in [-0.15, -0.1) is 0 Å². The quantitative estimate of drug-likeness (QED) is 0.770. The van der Waals surface area contributed by atoms with Crippen LogP contribution in [0.15, 0.2) is 24.3 Å². The highest BCUT2D eigenvalue weighted by Gasteiger charge is 2.35. The zero-order chi connectivity index (χ0) is 17.6. The molecule has 1 saturated carbocycles. The van der Waals surface area contributed by atoms with E-state index in [-0.39, 0.29) is 35.3 Å². The average Bonchev–Trinajstić information content (AvgIpc) is 3.45. The topological polar surface area (TPSA) is 58.6 Å². The smallest absolute Gasteiger partial charge is 0.225 e. The summed E-state index contributed by atoms with van der Waals surface area (Å²) in [5, 5.41) is 3.03. The van der Waals surface area contributed by atoms with Crippen molar-refractivity contribution in [3.05, 3.63) is 30.1 Å². The lowest BCUT2D eigenvalue weighted by Crippen LogP contribution is -2.47. The number of hydrogen-bond donors (Lipinski definition) is 1. The van der Waals surface area contributed by atoms with Crippen molar-refractivity contribution in [2.24, 2.45) is 5.92 Å². The van der Waals surface area contributed by atoms with Crippen LogP contribution >= 0.6 is 0 Å². The molecule has 2 amide bonds. The second-order valence-electron chi connectivity index (χ2n) is 6.82. The average molecular weight is 348 g/mol. The van der Waals surface area contributed by atoms with E-state index in [1.54, 1.807) is 18.2 Å². The van der Waals surface area contributed by atoms with Gasteiger partial charge in [0.15, 0.2) is 11.6 Å². The van der Waals surface area contributed by atoms with Gasteiger partial charge in [0.05, 0.1) is 6.61 Å². The van der Waals surface area contributed by atoms with Gasteiger partial charge in [-0.3, -0.25) is 9.59 Å². The SMILES string of the molecule is O=C(CCCOc1ccccc1F)NC1CCN(C(=O)C2CC2)CC1. The first-order valence-corrected chi connectivity index (χ1v) is 9.09. The minimum Gasteiger partial charge on any atom is -0.491 e. The Labute approximate surface area is 147 Å². The Hall–Kier alpha value is -2.11. The molecule has 1 aromatic rings. The third kappa shape index (κ3) is 5.18. The molecule has 136 valence electrons. The zero-order valence-corrected chi connectivity index (χ0v) is 14.4. The van der Waals surface area contributed by atoms with E-state index in [2.05, 4.69) is 5.32 Å². The van der Waals surface area contributed by atoms with Crippen molar-refractivity contribution in [3.63, 3.8) is 0 Å². The molecule has 1 aliphatic carbocycles. The minimum atomic E-state index is -0.389. The molecule has 0 radical (unpaired) electrons. The fourth-order valence-electron chi connectivity index (χ4n) is 3.11.